The first-order chi connectivity index (χ1) is 17.9. The number of Topliss-reactive ketones (excluding diaryl/α,β-unsaturated/α-hetero) is 1. The van der Waals surface area contributed by atoms with Crippen LogP contribution in [-0.4, -0.2) is 47.2 Å². The third kappa shape index (κ3) is 3.80. The van der Waals surface area contributed by atoms with Gasteiger partial charge in [-0.05, 0) is 43.2 Å². The van der Waals surface area contributed by atoms with E-state index in [2.05, 4.69) is 9.97 Å². The Morgan fingerprint density at radius 3 is 2.68 bits per heavy atom. The predicted molar refractivity (Wildman–Crippen MR) is 137 cm³/mol. The van der Waals surface area contributed by atoms with Crippen molar-refractivity contribution in [3.8, 4) is 0 Å². The van der Waals surface area contributed by atoms with E-state index in [4.69, 9.17) is 0 Å². The fraction of sp³-hybridized carbons (Fsp3) is 0.185. The van der Waals surface area contributed by atoms with Crippen LogP contribution < -0.4 is 0 Å². The Bertz CT molecular complexity index is 1680. The maximum atomic E-state index is 14.0. The van der Waals surface area contributed by atoms with E-state index in [1.165, 1.54) is 28.4 Å². The molecule has 1 N–H and O–H groups in total. The van der Waals surface area contributed by atoms with Crippen molar-refractivity contribution in [1.29, 1.82) is 0 Å². The maximum absolute atomic E-state index is 14.0. The number of aliphatic hydroxyl groups excluding tert-OH is 1. The molecule has 0 aliphatic carbocycles. The molecule has 0 saturated carbocycles. The van der Waals surface area contributed by atoms with Crippen LogP contribution in [0, 0.1) is 12.7 Å². The molecular weight excluding hydrogens is 493 g/mol. The lowest BCUT2D eigenvalue weighted by Gasteiger charge is -2.27. The van der Waals surface area contributed by atoms with Gasteiger partial charge in [0.15, 0.2) is 10.7 Å². The van der Waals surface area contributed by atoms with Gasteiger partial charge in [0.25, 0.3) is 5.91 Å². The summed E-state index contributed by atoms with van der Waals surface area (Å²) in [6.07, 6.45) is 5.77. The fourth-order valence-corrected chi connectivity index (χ4v) is 6.04. The van der Waals surface area contributed by atoms with E-state index in [0.29, 0.717) is 34.1 Å². The number of hydrogen-bond donors (Lipinski definition) is 1. The molecule has 3 aromatic heterocycles. The van der Waals surface area contributed by atoms with Crippen LogP contribution in [0.5, 0.6) is 0 Å². The SMILES string of the molecule is Cc1c(C(=O)C2=C(O)C(=O)N(CCCn3ccnc3)C2c2ccc(F)cc2)sc2nc3ccccc3n12. The van der Waals surface area contributed by atoms with Crippen LogP contribution in [-0.2, 0) is 11.3 Å². The smallest absolute Gasteiger partial charge is 0.290 e. The summed E-state index contributed by atoms with van der Waals surface area (Å²) in [6, 6.07) is 12.5. The van der Waals surface area contributed by atoms with E-state index in [1.54, 1.807) is 24.7 Å². The summed E-state index contributed by atoms with van der Waals surface area (Å²) in [7, 11) is 0. The van der Waals surface area contributed by atoms with Crippen LogP contribution in [0.3, 0.4) is 0 Å². The number of imidazole rings is 2. The fourth-order valence-electron chi connectivity index (χ4n) is 4.95. The van der Waals surface area contributed by atoms with Crippen molar-refractivity contribution < 1.29 is 19.1 Å². The van der Waals surface area contributed by atoms with Gasteiger partial charge in [-0.25, -0.2) is 14.4 Å². The number of aliphatic hydroxyl groups is 1. The molecule has 0 radical (unpaired) electrons. The van der Waals surface area contributed by atoms with Crippen molar-refractivity contribution in [2.75, 3.05) is 6.54 Å². The molecule has 0 bridgehead atoms. The molecule has 4 heterocycles. The first-order valence-electron chi connectivity index (χ1n) is 11.8. The molecule has 1 atom stereocenters. The third-order valence-corrected chi connectivity index (χ3v) is 7.84. The summed E-state index contributed by atoms with van der Waals surface area (Å²) in [5.74, 6) is -2.05. The molecule has 1 aliphatic rings. The Hall–Kier alpha value is -4.31. The number of rotatable bonds is 7. The Morgan fingerprint density at radius 2 is 1.92 bits per heavy atom. The molecule has 5 aromatic rings. The highest BCUT2D eigenvalue weighted by molar-refractivity contribution is 7.19. The van der Waals surface area contributed by atoms with E-state index in [9.17, 15) is 19.1 Å². The molecule has 6 rings (SSSR count). The Kier molecular flexibility index (Phi) is 5.60. The molecule has 0 saturated heterocycles. The number of carbonyl (C=O) groups excluding carboxylic acids is 2. The van der Waals surface area contributed by atoms with Crippen molar-refractivity contribution >= 4 is 39.0 Å². The van der Waals surface area contributed by atoms with E-state index in [0.717, 1.165) is 11.0 Å². The van der Waals surface area contributed by atoms with Crippen molar-refractivity contribution in [3.05, 3.63) is 101 Å². The van der Waals surface area contributed by atoms with Gasteiger partial charge in [-0.3, -0.25) is 14.0 Å². The quantitative estimate of drug-likeness (QED) is 0.313. The Labute approximate surface area is 214 Å². The van der Waals surface area contributed by atoms with Crippen LogP contribution in [0.2, 0.25) is 0 Å². The number of ketones is 1. The number of amides is 1. The normalized spacial score (nSPS) is 16.0. The summed E-state index contributed by atoms with van der Waals surface area (Å²) in [6.45, 7) is 2.73. The second-order valence-electron chi connectivity index (χ2n) is 8.93. The minimum absolute atomic E-state index is 0.00357. The zero-order chi connectivity index (χ0) is 25.7. The molecule has 0 fully saturated rings. The van der Waals surface area contributed by atoms with Gasteiger partial charge >= 0.3 is 0 Å². The number of para-hydroxylation sites is 2. The van der Waals surface area contributed by atoms with Crippen LogP contribution in [0.1, 0.15) is 33.4 Å². The Balaban J connectivity index is 1.39. The predicted octanol–water partition coefficient (Wildman–Crippen LogP) is 4.86. The van der Waals surface area contributed by atoms with Gasteiger partial charge in [0.05, 0.1) is 33.9 Å². The van der Waals surface area contributed by atoms with Gasteiger partial charge in [-0.2, -0.15) is 0 Å². The van der Waals surface area contributed by atoms with Crippen molar-refractivity contribution in [3.63, 3.8) is 0 Å². The third-order valence-electron chi connectivity index (χ3n) is 6.70. The van der Waals surface area contributed by atoms with E-state index >= 15 is 0 Å². The number of aryl methyl sites for hydroxylation is 2. The van der Waals surface area contributed by atoms with E-state index in [1.807, 2.05) is 46.4 Å². The minimum Gasteiger partial charge on any atom is -0.503 e. The number of halogens is 1. The van der Waals surface area contributed by atoms with Crippen molar-refractivity contribution in [2.45, 2.75) is 25.9 Å². The standard InChI is InChI=1S/C27H22FN5O3S/c1-16-25(37-27-30-19-5-2-3-6-20(19)33(16)27)23(34)21-22(17-7-9-18(28)10-8-17)32(26(36)24(21)35)13-4-12-31-14-11-29-15-31/h2-3,5-11,14-15,22,35H,4,12-13H2,1H3. The minimum atomic E-state index is -0.839. The van der Waals surface area contributed by atoms with Crippen LogP contribution in [0.15, 0.2) is 78.6 Å². The maximum Gasteiger partial charge on any atom is 0.290 e. The van der Waals surface area contributed by atoms with Crippen molar-refractivity contribution in [1.82, 2.24) is 23.8 Å². The van der Waals surface area contributed by atoms with Gasteiger partial charge in [0.2, 0.25) is 5.78 Å². The number of nitrogens with zero attached hydrogens (tertiary/aromatic N) is 5. The molecule has 1 aliphatic heterocycles. The van der Waals surface area contributed by atoms with Gasteiger partial charge in [0, 0.05) is 31.2 Å². The summed E-state index contributed by atoms with van der Waals surface area (Å²) in [5.41, 5.74) is 2.93. The number of carbonyl (C=O) groups is 2. The highest BCUT2D eigenvalue weighted by Crippen LogP contribution is 2.41. The van der Waals surface area contributed by atoms with Gasteiger partial charge in [-0.15, -0.1) is 0 Å². The molecule has 37 heavy (non-hydrogen) atoms. The number of thiazole rings is 1. The topological polar surface area (TPSA) is 92.7 Å². The second-order valence-corrected chi connectivity index (χ2v) is 9.91. The molecule has 1 amide bonds. The first-order valence-corrected chi connectivity index (χ1v) is 12.6. The number of hydrogen-bond acceptors (Lipinski definition) is 6. The van der Waals surface area contributed by atoms with E-state index < -0.39 is 29.3 Å². The van der Waals surface area contributed by atoms with Gasteiger partial charge in [0.1, 0.15) is 5.82 Å². The summed E-state index contributed by atoms with van der Waals surface area (Å²) >= 11 is 1.22. The molecule has 186 valence electrons. The highest BCUT2D eigenvalue weighted by atomic mass is 32.1. The molecule has 0 spiro atoms. The molecule has 2 aromatic carbocycles. The average Bonchev–Trinajstić information content (AvgIpc) is 3.66. The van der Waals surface area contributed by atoms with Crippen LogP contribution in [0.25, 0.3) is 16.0 Å². The molecular formula is C27H22FN5O3S. The summed E-state index contributed by atoms with van der Waals surface area (Å²) in [4.78, 5) is 38.4. The van der Waals surface area contributed by atoms with Crippen molar-refractivity contribution in [2.24, 2.45) is 0 Å². The molecule has 10 heteroatoms. The summed E-state index contributed by atoms with van der Waals surface area (Å²) in [5, 5.41) is 11.0. The van der Waals surface area contributed by atoms with E-state index in [-0.39, 0.29) is 12.1 Å². The zero-order valence-electron chi connectivity index (χ0n) is 19.8. The summed E-state index contributed by atoms with van der Waals surface area (Å²) < 4.78 is 17.5. The highest BCUT2D eigenvalue weighted by Gasteiger charge is 2.44. The second kappa shape index (κ2) is 8.97. The first kappa shape index (κ1) is 23.1. The zero-order valence-corrected chi connectivity index (χ0v) is 20.7. The van der Waals surface area contributed by atoms with Crippen LogP contribution >= 0.6 is 11.3 Å². The largest absolute Gasteiger partial charge is 0.503 e. The lowest BCUT2D eigenvalue weighted by Crippen LogP contribution is -2.32. The van der Waals surface area contributed by atoms with Gasteiger partial charge in [-0.1, -0.05) is 35.6 Å². The number of benzene rings is 2. The van der Waals surface area contributed by atoms with Crippen LogP contribution in [0.4, 0.5) is 4.39 Å². The lowest BCUT2D eigenvalue weighted by atomic mass is 9.95. The average molecular weight is 516 g/mol. The number of fused-ring (bicyclic) bond motifs is 3. The van der Waals surface area contributed by atoms with Gasteiger partial charge < -0.3 is 14.6 Å². The lowest BCUT2D eigenvalue weighted by molar-refractivity contribution is -0.129. The number of aromatic nitrogens is 4. The molecule has 1 unspecified atom stereocenters. The molecule has 8 nitrogen and oxygen atoms in total. The Morgan fingerprint density at radius 1 is 1.14 bits per heavy atom. The monoisotopic (exact) mass is 515 g/mol.